The van der Waals surface area contributed by atoms with Crippen molar-refractivity contribution in [2.24, 2.45) is 5.92 Å². The minimum Gasteiger partial charge on any atom is -0.362 e. The number of nitrogens with one attached hydrogen (secondary N) is 2. The fourth-order valence-corrected chi connectivity index (χ4v) is 4.63. The Morgan fingerprint density at radius 2 is 1.82 bits per heavy atom. The van der Waals surface area contributed by atoms with E-state index >= 15 is 0 Å². The molecular weight excluding hydrogens is 526 g/mol. The fraction of sp³-hybridized carbons (Fsp3) is 0.810. The van der Waals surface area contributed by atoms with Crippen LogP contribution in [0.4, 0.5) is 0 Å². The molecule has 3 rings (SSSR count). The third-order valence-corrected chi connectivity index (χ3v) is 6.45. The van der Waals surface area contributed by atoms with Crippen molar-refractivity contribution in [1.29, 1.82) is 0 Å². The molecule has 6 nitrogen and oxygen atoms in total. The Morgan fingerprint density at radius 1 is 1.18 bits per heavy atom. The summed E-state index contributed by atoms with van der Waals surface area (Å²) in [6.07, 6.45) is 10.7. The van der Waals surface area contributed by atoms with E-state index in [-0.39, 0.29) is 58.0 Å². The van der Waals surface area contributed by atoms with Gasteiger partial charge in [0.2, 0.25) is 11.8 Å². The van der Waals surface area contributed by atoms with Crippen LogP contribution in [0.3, 0.4) is 0 Å². The predicted molar refractivity (Wildman–Crippen MR) is 106 cm³/mol. The van der Waals surface area contributed by atoms with Crippen molar-refractivity contribution >= 4 is 17.6 Å². The van der Waals surface area contributed by atoms with Gasteiger partial charge in [0.25, 0.3) is 0 Å². The third-order valence-electron chi connectivity index (χ3n) is 6.45. The molecular formula is C21H36N3O3W-. The zero-order valence-electron chi connectivity index (χ0n) is 16.5. The van der Waals surface area contributed by atoms with Crippen LogP contribution < -0.4 is 10.6 Å². The number of nitrogens with zero attached hydrogens (tertiary/aromatic N) is 1. The Kier molecular flexibility index (Phi) is 9.82. The maximum Gasteiger partial charge on any atom is 0.240 e. The molecule has 1 saturated carbocycles. The van der Waals surface area contributed by atoms with E-state index in [1.807, 2.05) is 13.5 Å². The van der Waals surface area contributed by atoms with Crippen LogP contribution in [0.2, 0.25) is 0 Å². The molecule has 0 radical (unpaired) electrons. The summed E-state index contributed by atoms with van der Waals surface area (Å²) in [5.41, 5.74) is -0.684. The van der Waals surface area contributed by atoms with E-state index in [0.717, 1.165) is 51.4 Å². The standard InChI is InChI=1S/C20H32N3O3.CH4.W/c1-14(24)20-13-15(20)9-6-4-3-5-7-10-16(21-2)19(26)23-12-8-11-17(23)18(25)22-20;;/h8,15-17,21H,3-7,9-13H2,1-2H3,(H,22,25);1H4;/q-1;;/t15-,16+,17+,20+;;/m1../s1. The van der Waals surface area contributed by atoms with Crippen molar-refractivity contribution in [3.63, 3.8) is 0 Å². The average Bonchev–Trinajstić information content (AvgIpc) is 3.09. The molecule has 0 aromatic heterocycles. The average molecular weight is 562 g/mol. The molecule has 0 aromatic rings. The first-order valence-electron chi connectivity index (χ1n) is 10.1. The van der Waals surface area contributed by atoms with E-state index in [4.69, 9.17) is 0 Å². The minimum atomic E-state index is -0.684. The van der Waals surface area contributed by atoms with E-state index in [1.165, 1.54) is 0 Å². The molecule has 1 aliphatic carbocycles. The van der Waals surface area contributed by atoms with Crippen LogP contribution in [-0.4, -0.2) is 53.7 Å². The second-order valence-corrected chi connectivity index (χ2v) is 8.13. The van der Waals surface area contributed by atoms with Gasteiger partial charge in [0.15, 0.2) is 5.78 Å². The summed E-state index contributed by atoms with van der Waals surface area (Å²) in [6.45, 7) is 2.08. The number of ketones is 1. The molecule has 28 heavy (non-hydrogen) atoms. The molecule has 2 saturated heterocycles. The van der Waals surface area contributed by atoms with Gasteiger partial charge in [-0.05, 0) is 39.2 Å². The molecule has 0 unspecified atom stereocenters. The zero-order valence-corrected chi connectivity index (χ0v) is 19.4. The summed E-state index contributed by atoms with van der Waals surface area (Å²) in [5, 5.41) is 6.16. The number of fused-ring (bicyclic) bond motifs is 2. The van der Waals surface area contributed by atoms with Crippen LogP contribution in [0.1, 0.15) is 72.1 Å². The normalized spacial score (nSPS) is 33.8. The van der Waals surface area contributed by atoms with Crippen molar-refractivity contribution in [2.45, 2.75) is 89.8 Å². The summed E-state index contributed by atoms with van der Waals surface area (Å²) < 4.78 is 0. The zero-order chi connectivity index (χ0) is 18.7. The Bertz CT molecular complexity index is 571. The Labute approximate surface area is 184 Å². The van der Waals surface area contributed by atoms with Crippen LogP contribution >= 0.6 is 0 Å². The molecule has 2 amide bonds. The first-order chi connectivity index (χ1) is 12.5. The molecule has 0 bridgehead atoms. The van der Waals surface area contributed by atoms with Gasteiger partial charge in [0.05, 0.1) is 12.1 Å². The number of hydrogen-bond acceptors (Lipinski definition) is 4. The van der Waals surface area contributed by atoms with Crippen LogP contribution in [0.25, 0.3) is 0 Å². The molecule has 160 valence electrons. The van der Waals surface area contributed by atoms with Crippen LogP contribution in [0, 0.1) is 12.3 Å². The van der Waals surface area contributed by atoms with Crippen molar-refractivity contribution in [3.05, 3.63) is 6.42 Å². The maximum absolute atomic E-state index is 12.9. The van der Waals surface area contributed by atoms with Crippen molar-refractivity contribution < 1.29 is 35.4 Å². The maximum atomic E-state index is 12.9. The largest absolute Gasteiger partial charge is 0.362 e. The summed E-state index contributed by atoms with van der Waals surface area (Å²) in [4.78, 5) is 39.8. The molecule has 0 aromatic carbocycles. The van der Waals surface area contributed by atoms with E-state index in [1.54, 1.807) is 11.8 Å². The number of amides is 2. The van der Waals surface area contributed by atoms with Crippen LogP contribution in [0.15, 0.2) is 0 Å². The second-order valence-electron chi connectivity index (χ2n) is 8.13. The van der Waals surface area contributed by atoms with Gasteiger partial charge in [0, 0.05) is 21.1 Å². The van der Waals surface area contributed by atoms with Gasteiger partial charge in [-0.25, -0.2) is 0 Å². The fourth-order valence-electron chi connectivity index (χ4n) is 4.63. The molecule has 2 heterocycles. The van der Waals surface area contributed by atoms with E-state index < -0.39 is 11.6 Å². The Balaban J connectivity index is 0.00000196. The molecule has 4 atom stereocenters. The van der Waals surface area contributed by atoms with Gasteiger partial charge < -0.3 is 22.0 Å². The predicted octanol–water partition coefficient (Wildman–Crippen LogP) is 2.22. The summed E-state index contributed by atoms with van der Waals surface area (Å²) in [6, 6.07) is -0.724. The van der Waals surface area contributed by atoms with Gasteiger partial charge >= 0.3 is 0 Å². The van der Waals surface area contributed by atoms with Crippen molar-refractivity contribution in [2.75, 3.05) is 13.6 Å². The summed E-state index contributed by atoms with van der Waals surface area (Å²) in [7, 11) is 1.81. The van der Waals surface area contributed by atoms with E-state index in [0.29, 0.717) is 13.0 Å². The number of rotatable bonds is 2. The van der Waals surface area contributed by atoms with Crippen molar-refractivity contribution in [1.82, 2.24) is 15.5 Å². The van der Waals surface area contributed by atoms with E-state index in [2.05, 4.69) is 10.6 Å². The second kappa shape index (κ2) is 10.9. The number of carbonyl (C=O) groups is 3. The first kappa shape index (κ1) is 25.3. The van der Waals surface area contributed by atoms with Gasteiger partial charge in [-0.1, -0.05) is 39.5 Å². The molecule has 0 spiro atoms. The first-order valence-corrected chi connectivity index (χ1v) is 10.1. The van der Waals surface area contributed by atoms with Crippen molar-refractivity contribution in [3.8, 4) is 0 Å². The number of hydrogen-bond donors (Lipinski definition) is 2. The van der Waals surface area contributed by atoms with Crippen LogP contribution in [0.5, 0.6) is 0 Å². The van der Waals surface area contributed by atoms with Gasteiger partial charge in [0.1, 0.15) is 5.54 Å². The number of Topliss-reactive ketones (excluding diaryl/α,β-unsaturated/α-hetero) is 1. The molecule has 7 heteroatoms. The molecule has 2 aliphatic heterocycles. The SMILES string of the molecule is C.CN[C@H]1CCCCCCC[C@@H]2C[C@@]2(C(C)=O)NC(=O)[C@@H]2C[CH-]CN2C1=O.[W]. The smallest absolute Gasteiger partial charge is 0.240 e. The molecule has 3 aliphatic rings. The minimum absolute atomic E-state index is 0. The van der Waals surface area contributed by atoms with E-state index in [9.17, 15) is 14.4 Å². The molecule has 2 N–H and O–H groups in total. The summed E-state index contributed by atoms with van der Waals surface area (Å²) >= 11 is 0. The Hall–Kier alpha value is -0.742. The van der Waals surface area contributed by atoms with Crippen LogP contribution in [-0.2, 0) is 35.4 Å². The quantitative estimate of drug-likeness (QED) is 0.507. The third kappa shape index (κ3) is 5.24. The Morgan fingerprint density at radius 3 is 2.46 bits per heavy atom. The van der Waals surface area contributed by atoms with Gasteiger partial charge in [-0.3, -0.25) is 14.4 Å². The number of carbonyl (C=O) groups excluding carboxylic acids is 3. The van der Waals surface area contributed by atoms with Gasteiger partial charge in [-0.2, -0.15) is 0 Å². The monoisotopic (exact) mass is 562 g/mol. The van der Waals surface area contributed by atoms with Gasteiger partial charge in [-0.15, -0.1) is 13.0 Å². The molecule has 3 fully saturated rings. The number of likely N-dealkylation sites (N-methyl/N-ethyl adjacent to an activating group) is 1. The topological polar surface area (TPSA) is 78.5 Å². The summed E-state index contributed by atoms with van der Waals surface area (Å²) in [5.74, 6) is 0.136.